The Morgan fingerprint density at radius 3 is 2.83 bits per heavy atom. The van der Waals surface area contributed by atoms with Gasteiger partial charge in [-0.15, -0.1) is 0 Å². The number of benzene rings is 1. The normalized spacial score (nSPS) is 18.0. The molecule has 7 heteroatoms. The third kappa shape index (κ3) is 6.50. The van der Waals surface area contributed by atoms with Gasteiger partial charge in [-0.3, -0.25) is 0 Å². The summed E-state index contributed by atoms with van der Waals surface area (Å²) in [5.41, 5.74) is 1.59. The Labute approximate surface area is 138 Å². The van der Waals surface area contributed by atoms with Gasteiger partial charge in [0.15, 0.2) is 0 Å². The Kier molecular flexibility index (Phi) is 5.90. The number of alkyl carbamates (subject to hydrolysis) is 1. The van der Waals surface area contributed by atoms with Crippen molar-refractivity contribution in [2.75, 3.05) is 18.9 Å². The number of rotatable bonds is 7. The van der Waals surface area contributed by atoms with Crippen LogP contribution in [0.3, 0.4) is 0 Å². The van der Waals surface area contributed by atoms with Crippen LogP contribution in [0.5, 0.6) is 0 Å². The van der Waals surface area contributed by atoms with E-state index >= 15 is 0 Å². The lowest BCUT2D eigenvalue weighted by molar-refractivity contribution is 0.0495. The van der Waals surface area contributed by atoms with Crippen LogP contribution in [-0.2, 0) is 20.5 Å². The fourth-order valence-electron chi connectivity index (χ4n) is 2.24. The summed E-state index contributed by atoms with van der Waals surface area (Å²) in [5, 5.41) is 6.07. The number of nitrogens with one attached hydrogen (secondary N) is 2. The molecule has 2 rings (SSSR count). The highest BCUT2D eigenvalue weighted by Crippen LogP contribution is 2.20. The molecular formula is C16H25BN2O4. The third-order valence-electron chi connectivity index (χ3n) is 3.31. The molecule has 0 radical (unpaired) electrons. The Morgan fingerprint density at radius 1 is 1.48 bits per heavy atom. The highest BCUT2D eigenvalue weighted by atomic mass is 16.6. The molecule has 6 nitrogen and oxygen atoms in total. The lowest BCUT2D eigenvalue weighted by atomic mass is 10.0. The molecule has 2 N–H and O–H groups in total. The number of carbonyl (C=O) groups is 1. The average molecular weight is 320 g/mol. The number of ether oxygens (including phenoxy) is 2. The van der Waals surface area contributed by atoms with Gasteiger partial charge >= 0.3 is 13.7 Å². The first-order chi connectivity index (χ1) is 10.9. The van der Waals surface area contributed by atoms with Gasteiger partial charge in [-0.2, -0.15) is 0 Å². The molecule has 0 saturated carbocycles. The predicted molar refractivity (Wildman–Crippen MR) is 90.8 cm³/mol. The second kappa shape index (κ2) is 7.70. The summed E-state index contributed by atoms with van der Waals surface area (Å²) in [6.07, 6.45) is 0.330. The van der Waals surface area contributed by atoms with E-state index in [2.05, 4.69) is 10.5 Å². The summed E-state index contributed by atoms with van der Waals surface area (Å²) in [6, 6.07) is 7.94. The molecule has 1 aliphatic heterocycles. The number of hydrogen-bond donors (Lipinski definition) is 2. The second-order valence-electron chi connectivity index (χ2n) is 6.64. The standard InChI is InChI=1S/C16H25BN2O4/c1-16(2,3)23-15(20)18-13(14-10-22-14)9-11-6-5-7-12(8-11)19-17-21-4/h5-8,13-14,17,19H,9-10H2,1-4H3,(H,18,20)/t13?,14-/m1/s1. The number of anilines is 1. The van der Waals surface area contributed by atoms with Crippen molar-refractivity contribution < 1.29 is 18.9 Å². The minimum absolute atomic E-state index is 0.0538. The summed E-state index contributed by atoms with van der Waals surface area (Å²) in [5.74, 6) is 0. The van der Waals surface area contributed by atoms with E-state index in [0.29, 0.717) is 20.6 Å². The fourth-order valence-corrected chi connectivity index (χ4v) is 2.24. The molecule has 0 aliphatic carbocycles. The van der Waals surface area contributed by atoms with Crippen molar-refractivity contribution in [2.45, 2.75) is 44.9 Å². The number of epoxide rings is 1. The molecule has 0 aromatic heterocycles. The Balaban J connectivity index is 1.95. The molecule has 1 amide bonds. The summed E-state index contributed by atoms with van der Waals surface area (Å²) in [4.78, 5) is 12.0. The zero-order valence-electron chi connectivity index (χ0n) is 14.2. The first-order valence-corrected chi connectivity index (χ1v) is 7.80. The van der Waals surface area contributed by atoms with Crippen LogP contribution in [0.4, 0.5) is 10.5 Å². The smallest absolute Gasteiger partial charge is 0.407 e. The number of hydrogen-bond acceptors (Lipinski definition) is 5. The van der Waals surface area contributed by atoms with Gasteiger partial charge in [0, 0.05) is 12.8 Å². The Bertz CT molecular complexity index is 529. The van der Waals surface area contributed by atoms with Gasteiger partial charge in [-0.05, 0) is 44.9 Å². The van der Waals surface area contributed by atoms with Crippen molar-refractivity contribution in [1.29, 1.82) is 0 Å². The molecule has 1 aromatic rings. The van der Waals surface area contributed by atoms with Crippen LogP contribution >= 0.6 is 0 Å². The molecule has 23 heavy (non-hydrogen) atoms. The van der Waals surface area contributed by atoms with Crippen LogP contribution in [0.2, 0.25) is 0 Å². The fraction of sp³-hybridized carbons (Fsp3) is 0.562. The molecular weight excluding hydrogens is 295 g/mol. The van der Waals surface area contributed by atoms with E-state index in [-0.39, 0.29) is 12.1 Å². The summed E-state index contributed by atoms with van der Waals surface area (Å²) in [6.45, 7) is 6.21. The lowest BCUT2D eigenvalue weighted by Crippen LogP contribution is -2.43. The van der Waals surface area contributed by atoms with Crippen molar-refractivity contribution in [3.63, 3.8) is 0 Å². The minimum atomic E-state index is -0.511. The van der Waals surface area contributed by atoms with Crippen LogP contribution in [0.1, 0.15) is 26.3 Å². The van der Waals surface area contributed by atoms with Crippen molar-refractivity contribution in [3.05, 3.63) is 29.8 Å². The first-order valence-electron chi connectivity index (χ1n) is 7.80. The van der Waals surface area contributed by atoms with Gasteiger partial charge in [-0.25, -0.2) is 4.79 Å². The number of carbonyl (C=O) groups excluding carboxylic acids is 1. The van der Waals surface area contributed by atoms with Crippen LogP contribution < -0.4 is 10.5 Å². The van der Waals surface area contributed by atoms with Crippen LogP contribution in [0.15, 0.2) is 24.3 Å². The van der Waals surface area contributed by atoms with Crippen molar-refractivity contribution in [1.82, 2.24) is 5.32 Å². The summed E-state index contributed by atoms with van der Waals surface area (Å²) >= 11 is 0. The molecule has 1 fully saturated rings. The SMILES string of the molecule is COBNc1cccc(CC(NC(=O)OC(C)(C)C)[C@H]2CO2)c1. The van der Waals surface area contributed by atoms with E-state index < -0.39 is 11.7 Å². The lowest BCUT2D eigenvalue weighted by Gasteiger charge is -2.23. The second-order valence-corrected chi connectivity index (χ2v) is 6.64. The van der Waals surface area contributed by atoms with Crippen molar-refractivity contribution >= 4 is 19.4 Å². The van der Waals surface area contributed by atoms with E-state index in [4.69, 9.17) is 14.1 Å². The molecule has 1 saturated heterocycles. The molecule has 1 aromatic carbocycles. The van der Waals surface area contributed by atoms with Gasteiger partial charge in [0.1, 0.15) is 11.7 Å². The largest absolute Gasteiger partial charge is 0.444 e. The monoisotopic (exact) mass is 320 g/mol. The predicted octanol–water partition coefficient (Wildman–Crippen LogP) is 1.85. The van der Waals surface area contributed by atoms with E-state index in [1.54, 1.807) is 7.11 Å². The highest BCUT2D eigenvalue weighted by molar-refractivity contribution is 6.32. The Morgan fingerprint density at radius 2 is 2.22 bits per heavy atom. The first kappa shape index (κ1) is 17.6. The topological polar surface area (TPSA) is 72.1 Å². The van der Waals surface area contributed by atoms with Gasteiger partial charge in [0.05, 0.1) is 12.6 Å². The molecule has 0 spiro atoms. The molecule has 1 aliphatic rings. The van der Waals surface area contributed by atoms with Gasteiger partial charge in [-0.1, -0.05) is 12.1 Å². The van der Waals surface area contributed by atoms with E-state index in [1.165, 1.54) is 0 Å². The van der Waals surface area contributed by atoms with Crippen molar-refractivity contribution in [2.24, 2.45) is 0 Å². The Hall–Kier alpha value is -1.73. The van der Waals surface area contributed by atoms with Gasteiger partial charge < -0.3 is 24.7 Å². The van der Waals surface area contributed by atoms with E-state index in [0.717, 1.165) is 11.3 Å². The molecule has 2 atom stereocenters. The zero-order valence-corrected chi connectivity index (χ0v) is 14.2. The van der Waals surface area contributed by atoms with Crippen LogP contribution in [0, 0.1) is 0 Å². The van der Waals surface area contributed by atoms with Gasteiger partial charge in [0.2, 0.25) is 0 Å². The summed E-state index contributed by atoms with van der Waals surface area (Å²) < 4.78 is 15.7. The molecule has 0 bridgehead atoms. The third-order valence-corrected chi connectivity index (χ3v) is 3.31. The van der Waals surface area contributed by atoms with Crippen LogP contribution in [-0.4, -0.2) is 45.2 Å². The maximum absolute atomic E-state index is 12.0. The molecule has 1 unspecified atom stereocenters. The van der Waals surface area contributed by atoms with Crippen LogP contribution in [0.25, 0.3) is 0 Å². The van der Waals surface area contributed by atoms with E-state index in [1.807, 2.05) is 45.0 Å². The molecule has 1 heterocycles. The minimum Gasteiger partial charge on any atom is -0.444 e. The zero-order chi connectivity index (χ0) is 16.9. The highest BCUT2D eigenvalue weighted by Gasteiger charge is 2.34. The summed E-state index contributed by atoms with van der Waals surface area (Å²) in [7, 11) is 2.09. The number of amides is 1. The maximum Gasteiger partial charge on any atom is 0.407 e. The van der Waals surface area contributed by atoms with E-state index in [9.17, 15) is 4.79 Å². The van der Waals surface area contributed by atoms with Gasteiger partial charge in [0.25, 0.3) is 0 Å². The average Bonchev–Trinajstić information content (AvgIpc) is 3.27. The maximum atomic E-state index is 12.0. The molecule has 126 valence electrons. The van der Waals surface area contributed by atoms with Crippen molar-refractivity contribution in [3.8, 4) is 0 Å². The quantitative estimate of drug-likeness (QED) is 0.592.